The number of nitrogens with one attached hydrogen (secondary N) is 2. The van der Waals surface area contributed by atoms with Crippen LogP contribution in [0.25, 0.3) is 0 Å². The Morgan fingerprint density at radius 3 is 2.26 bits per heavy atom. The van der Waals surface area contributed by atoms with Crippen LogP contribution in [0.4, 0.5) is 11.4 Å². The van der Waals surface area contributed by atoms with E-state index in [1.54, 1.807) is 55.6 Å². The number of carbonyl (C=O) groups is 2. The van der Waals surface area contributed by atoms with Gasteiger partial charge < -0.3 is 20.1 Å². The Morgan fingerprint density at radius 2 is 1.58 bits per heavy atom. The zero-order valence-electron chi connectivity index (χ0n) is 17.4. The summed E-state index contributed by atoms with van der Waals surface area (Å²) in [5, 5.41) is 5.75. The highest BCUT2D eigenvalue weighted by atomic mass is 16.5. The number of carbonyl (C=O) groups excluding carboxylic acids is 2. The SMILES string of the molecule is COc1ccccc1Oc1ccc(NC(=O)c2cccc(NC(=O)C3CC3C)c2)cc1. The lowest BCUT2D eigenvalue weighted by Gasteiger charge is -2.11. The van der Waals surface area contributed by atoms with Gasteiger partial charge in [-0.25, -0.2) is 0 Å². The number of methoxy groups -OCH3 is 1. The predicted octanol–water partition coefficient (Wildman–Crippen LogP) is 5.33. The summed E-state index contributed by atoms with van der Waals surface area (Å²) < 4.78 is 11.1. The lowest BCUT2D eigenvalue weighted by atomic mass is 10.1. The van der Waals surface area contributed by atoms with Gasteiger partial charge in [-0.15, -0.1) is 0 Å². The average Bonchev–Trinajstić information content (AvgIpc) is 3.52. The summed E-state index contributed by atoms with van der Waals surface area (Å²) >= 11 is 0. The summed E-state index contributed by atoms with van der Waals surface area (Å²) in [5.74, 6) is 2.14. The van der Waals surface area contributed by atoms with Crippen LogP contribution in [0.3, 0.4) is 0 Å². The zero-order chi connectivity index (χ0) is 21.8. The summed E-state index contributed by atoms with van der Waals surface area (Å²) in [6.07, 6.45) is 0.919. The highest BCUT2D eigenvalue weighted by Gasteiger charge is 2.39. The Kier molecular flexibility index (Phi) is 5.89. The minimum atomic E-state index is -0.255. The van der Waals surface area contributed by atoms with Gasteiger partial charge in [-0.2, -0.15) is 0 Å². The highest BCUT2D eigenvalue weighted by molar-refractivity contribution is 6.05. The molecule has 0 aromatic heterocycles. The van der Waals surface area contributed by atoms with Crippen LogP contribution < -0.4 is 20.1 Å². The Morgan fingerprint density at radius 1 is 0.871 bits per heavy atom. The summed E-state index contributed by atoms with van der Waals surface area (Å²) in [7, 11) is 1.59. The van der Waals surface area contributed by atoms with Gasteiger partial charge in [-0.3, -0.25) is 9.59 Å². The standard InChI is InChI=1S/C25H24N2O4/c1-16-14-21(16)25(29)27-19-7-5-6-17(15-19)24(28)26-18-10-12-20(13-11-18)31-23-9-4-3-8-22(23)30-2/h3-13,15-16,21H,14H2,1-2H3,(H,26,28)(H,27,29). The van der Waals surface area contributed by atoms with Gasteiger partial charge in [0.1, 0.15) is 5.75 Å². The number of para-hydroxylation sites is 2. The van der Waals surface area contributed by atoms with E-state index in [9.17, 15) is 9.59 Å². The molecule has 0 aliphatic heterocycles. The molecule has 3 aromatic rings. The number of anilines is 2. The van der Waals surface area contributed by atoms with Crippen molar-refractivity contribution in [2.24, 2.45) is 11.8 Å². The van der Waals surface area contributed by atoms with E-state index in [2.05, 4.69) is 17.6 Å². The minimum absolute atomic E-state index is 0.00990. The van der Waals surface area contributed by atoms with Crippen LogP contribution in [0.5, 0.6) is 17.2 Å². The van der Waals surface area contributed by atoms with Gasteiger partial charge in [0.2, 0.25) is 5.91 Å². The minimum Gasteiger partial charge on any atom is -0.493 e. The second-order valence-corrected chi connectivity index (χ2v) is 7.62. The van der Waals surface area contributed by atoms with Crippen molar-refractivity contribution in [3.63, 3.8) is 0 Å². The quantitative estimate of drug-likeness (QED) is 0.545. The number of rotatable bonds is 7. The van der Waals surface area contributed by atoms with Crippen LogP contribution in [0.2, 0.25) is 0 Å². The fourth-order valence-electron chi connectivity index (χ4n) is 3.30. The van der Waals surface area contributed by atoms with Gasteiger partial charge >= 0.3 is 0 Å². The molecule has 0 bridgehead atoms. The summed E-state index contributed by atoms with van der Waals surface area (Å²) in [6, 6.07) is 21.4. The van der Waals surface area contributed by atoms with Crippen LogP contribution in [0.1, 0.15) is 23.7 Å². The van der Waals surface area contributed by atoms with E-state index in [0.29, 0.717) is 40.1 Å². The predicted molar refractivity (Wildman–Crippen MR) is 120 cm³/mol. The molecule has 1 aliphatic carbocycles. The largest absolute Gasteiger partial charge is 0.493 e. The van der Waals surface area contributed by atoms with Crippen LogP contribution in [-0.4, -0.2) is 18.9 Å². The summed E-state index contributed by atoms with van der Waals surface area (Å²) in [6.45, 7) is 2.06. The first-order valence-corrected chi connectivity index (χ1v) is 10.2. The summed E-state index contributed by atoms with van der Waals surface area (Å²) in [5.41, 5.74) is 1.73. The molecule has 31 heavy (non-hydrogen) atoms. The van der Waals surface area contributed by atoms with Crippen molar-refractivity contribution in [3.8, 4) is 17.2 Å². The lowest BCUT2D eigenvalue weighted by molar-refractivity contribution is -0.117. The molecule has 2 N–H and O–H groups in total. The molecular weight excluding hydrogens is 392 g/mol. The van der Waals surface area contributed by atoms with Gasteiger partial charge in [-0.1, -0.05) is 25.1 Å². The average molecular weight is 416 g/mol. The zero-order valence-corrected chi connectivity index (χ0v) is 17.4. The van der Waals surface area contributed by atoms with Crippen LogP contribution in [-0.2, 0) is 4.79 Å². The molecule has 0 radical (unpaired) electrons. The fraction of sp³-hybridized carbons (Fsp3) is 0.200. The molecular formula is C25H24N2O4. The van der Waals surface area contributed by atoms with Crippen LogP contribution in [0, 0.1) is 11.8 Å². The Bertz CT molecular complexity index is 1090. The van der Waals surface area contributed by atoms with Gasteiger partial charge in [-0.05, 0) is 66.9 Å². The number of benzene rings is 3. The molecule has 158 valence electrons. The van der Waals surface area contributed by atoms with Crippen molar-refractivity contribution in [2.75, 3.05) is 17.7 Å². The second kappa shape index (κ2) is 8.92. The van der Waals surface area contributed by atoms with E-state index in [4.69, 9.17) is 9.47 Å². The number of amides is 2. The molecule has 1 aliphatic rings. The molecule has 0 saturated heterocycles. The number of ether oxygens (including phenoxy) is 2. The molecule has 3 aromatic carbocycles. The van der Waals surface area contributed by atoms with E-state index in [1.807, 2.05) is 24.3 Å². The topological polar surface area (TPSA) is 76.7 Å². The van der Waals surface area contributed by atoms with Crippen LogP contribution in [0.15, 0.2) is 72.8 Å². The van der Waals surface area contributed by atoms with Crippen molar-refractivity contribution in [3.05, 3.63) is 78.4 Å². The van der Waals surface area contributed by atoms with E-state index in [-0.39, 0.29) is 17.7 Å². The molecule has 2 atom stereocenters. The molecule has 0 heterocycles. The van der Waals surface area contributed by atoms with Gasteiger partial charge in [0.25, 0.3) is 5.91 Å². The van der Waals surface area contributed by atoms with E-state index in [0.717, 1.165) is 6.42 Å². The third kappa shape index (κ3) is 5.04. The highest BCUT2D eigenvalue weighted by Crippen LogP contribution is 2.38. The van der Waals surface area contributed by atoms with Gasteiger partial charge in [0.05, 0.1) is 7.11 Å². The van der Waals surface area contributed by atoms with Crippen molar-refractivity contribution in [2.45, 2.75) is 13.3 Å². The Balaban J connectivity index is 1.38. The normalized spacial score (nSPS) is 16.8. The van der Waals surface area contributed by atoms with E-state index >= 15 is 0 Å². The first-order chi connectivity index (χ1) is 15.0. The Hall–Kier alpha value is -3.80. The summed E-state index contributed by atoms with van der Waals surface area (Å²) in [4.78, 5) is 24.8. The monoisotopic (exact) mass is 416 g/mol. The maximum Gasteiger partial charge on any atom is 0.255 e. The molecule has 2 amide bonds. The van der Waals surface area contributed by atoms with Crippen molar-refractivity contribution < 1.29 is 19.1 Å². The maximum atomic E-state index is 12.6. The first-order valence-electron chi connectivity index (χ1n) is 10.2. The first kappa shape index (κ1) is 20.5. The molecule has 6 heteroatoms. The number of hydrogen-bond donors (Lipinski definition) is 2. The third-order valence-corrected chi connectivity index (χ3v) is 5.25. The van der Waals surface area contributed by atoms with Gasteiger partial charge in [0, 0.05) is 22.9 Å². The van der Waals surface area contributed by atoms with E-state index < -0.39 is 0 Å². The smallest absolute Gasteiger partial charge is 0.255 e. The van der Waals surface area contributed by atoms with E-state index in [1.165, 1.54) is 0 Å². The molecule has 1 saturated carbocycles. The van der Waals surface area contributed by atoms with Gasteiger partial charge in [0.15, 0.2) is 11.5 Å². The van der Waals surface area contributed by atoms with Crippen molar-refractivity contribution >= 4 is 23.2 Å². The Labute approximate surface area is 181 Å². The molecule has 2 unspecified atom stereocenters. The lowest BCUT2D eigenvalue weighted by Crippen LogP contribution is -2.16. The van der Waals surface area contributed by atoms with Crippen molar-refractivity contribution in [1.29, 1.82) is 0 Å². The molecule has 6 nitrogen and oxygen atoms in total. The maximum absolute atomic E-state index is 12.6. The third-order valence-electron chi connectivity index (χ3n) is 5.25. The fourth-order valence-corrected chi connectivity index (χ4v) is 3.30. The molecule has 1 fully saturated rings. The number of hydrogen-bond acceptors (Lipinski definition) is 4. The van der Waals surface area contributed by atoms with Crippen LogP contribution >= 0.6 is 0 Å². The second-order valence-electron chi connectivity index (χ2n) is 7.62. The molecule has 0 spiro atoms. The van der Waals surface area contributed by atoms with Crippen molar-refractivity contribution in [1.82, 2.24) is 0 Å². The molecule has 4 rings (SSSR count).